The Kier molecular flexibility index (Phi) is 21.1. The van der Waals surface area contributed by atoms with Gasteiger partial charge < -0.3 is 41.2 Å². The largest absolute Gasteiger partial charge is 0.400 e. The molecule has 11 nitrogen and oxygen atoms in total. The zero-order chi connectivity index (χ0) is 35.5. The predicted molar refractivity (Wildman–Crippen MR) is 193 cm³/mol. The molecule has 5 rings (SSSR count). The molecule has 0 bridgehead atoms. The molecule has 0 amide bonds. The van der Waals surface area contributed by atoms with Gasteiger partial charge >= 0.3 is 5.69 Å². The Balaban J connectivity index is 0.000000379. The van der Waals surface area contributed by atoms with Crippen molar-refractivity contribution in [3.63, 3.8) is 0 Å². The van der Waals surface area contributed by atoms with Gasteiger partial charge in [0.1, 0.15) is 6.10 Å². The average molecular weight is 818 g/mol. The van der Waals surface area contributed by atoms with E-state index in [-0.39, 0.29) is 32.1 Å². The number of ether oxygens (including phenoxy) is 3. The number of aliphatic hydroxyl groups is 2. The molecule has 1 aliphatic heterocycles. The fourth-order valence-electron chi connectivity index (χ4n) is 3.64. The summed E-state index contributed by atoms with van der Waals surface area (Å²) in [6.07, 6.45) is -0.313. The van der Waals surface area contributed by atoms with Gasteiger partial charge in [-0.15, -0.1) is 0 Å². The molecule has 0 radical (unpaired) electrons. The molecular weight excluding hydrogens is 774 g/mol. The highest BCUT2D eigenvalue weighted by molar-refractivity contribution is 9.11. The maximum Gasteiger partial charge on any atom is 0.306 e. The molecule has 0 aliphatic carbocycles. The van der Waals surface area contributed by atoms with E-state index in [9.17, 15) is 24.0 Å². The lowest BCUT2D eigenvalue weighted by atomic mass is 10.2. The number of nitro benzene ring substituents is 1. The number of nitrogens with one attached hydrogen (secondary N) is 1. The Morgan fingerprint density at radius 2 is 1.53 bits per heavy atom. The minimum Gasteiger partial charge on any atom is -0.400 e. The van der Waals surface area contributed by atoms with Crippen molar-refractivity contribution in [2.24, 2.45) is 0 Å². The first-order valence-electron chi connectivity index (χ1n) is 14.4. The van der Waals surface area contributed by atoms with Crippen LogP contribution in [0.2, 0.25) is 0 Å². The number of nitro groups is 1. The van der Waals surface area contributed by atoms with Crippen LogP contribution < -0.4 is 16.8 Å². The molecule has 15 heteroatoms. The van der Waals surface area contributed by atoms with E-state index in [1.807, 2.05) is 48.5 Å². The molecule has 1 aliphatic rings. The van der Waals surface area contributed by atoms with E-state index in [1.54, 1.807) is 6.07 Å². The fraction of sp³-hybridized carbons (Fsp3) is 0.294. The summed E-state index contributed by atoms with van der Waals surface area (Å²) in [6, 6.07) is 24.8. The van der Waals surface area contributed by atoms with Gasteiger partial charge in [0, 0.05) is 52.6 Å². The number of nitrogens with two attached hydrogens (primary N) is 1. The number of hydrogen-bond donors (Lipinski definition) is 5. The van der Waals surface area contributed by atoms with Crippen molar-refractivity contribution in [1.29, 1.82) is 0 Å². The maximum atomic E-state index is 13.5. The Morgan fingerprint density at radius 1 is 0.980 bits per heavy atom. The van der Waals surface area contributed by atoms with Gasteiger partial charge in [0.05, 0.1) is 49.7 Å². The van der Waals surface area contributed by atoms with E-state index in [0.717, 1.165) is 38.0 Å². The van der Waals surface area contributed by atoms with E-state index < -0.39 is 22.5 Å². The van der Waals surface area contributed by atoms with Crippen LogP contribution in [0, 0.1) is 21.7 Å². The Labute approximate surface area is 301 Å². The van der Waals surface area contributed by atoms with Gasteiger partial charge in [-0.2, -0.15) is 4.39 Å². The van der Waals surface area contributed by atoms with Crippen LogP contribution in [0.1, 0.15) is 18.6 Å². The molecular formula is C34H43Br2F2N4O7+. The van der Waals surface area contributed by atoms with Crippen LogP contribution in [0.15, 0.2) is 93.9 Å². The lowest BCUT2D eigenvalue weighted by molar-refractivity contribution is -0.387. The third-order valence-electron chi connectivity index (χ3n) is 6.17. The quantitative estimate of drug-likeness (QED) is 0.0470. The molecule has 0 spiro atoms. The second-order valence-electron chi connectivity index (χ2n) is 10.00. The number of nitrogens with zero attached hydrogens (tertiary/aromatic N) is 1. The van der Waals surface area contributed by atoms with Crippen LogP contribution in [-0.2, 0) is 27.4 Å². The molecule has 0 unspecified atom stereocenters. The highest BCUT2D eigenvalue weighted by Gasteiger charge is 2.22. The van der Waals surface area contributed by atoms with Crippen LogP contribution in [0.25, 0.3) is 0 Å². The molecule has 49 heavy (non-hydrogen) atoms. The monoisotopic (exact) mass is 815 g/mol. The number of hydrogen-bond acceptors (Lipinski definition) is 9. The normalized spacial score (nSPS) is 13.1. The van der Waals surface area contributed by atoms with Crippen molar-refractivity contribution in [3.05, 3.63) is 127 Å². The first kappa shape index (κ1) is 43.5. The third kappa shape index (κ3) is 17.1. The minimum atomic E-state index is -0.930. The average Bonchev–Trinajstić information content (AvgIpc) is 3.91. The lowest BCUT2D eigenvalue weighted by Crippen LogP contribution is -2.41. The van der Waals surface area contributed by atoms with E-state index >= 15 is 0 Å². The highest BCUT2D eigenvalue weighted by Crippen LogP contribution is 2.28. The van der Waals surface area contributed by atoms with Gasteiger partial charge in [0.2, 0.25) is 5.82 Å². The van der Waals surface area contributed by atoms with Crippen molar-refractivity contribution in [2.75, 3.05) is 44.5 Å². The summed E-state index contributed by atoms with van der Waals surface area (Å²) >= 11 is 6.28. The molecule has 8 N–H and O–H groups in total. The molecule has 0 saturated carbocycles. The number of anilines is 2. The van der Waals surface area contributed by atoms with Crippen LogP contribution in [0.5, 0.6) is 0 Å². The summed E-state index contributed by atoms with van der Waals surface area (Å²) in [5.74, 6) is -1.32. The summed E-state index contributed by atoms with van der Waals surface area (Å²) in [5, 5.41) is 30.1. The standard InChI is InChI=1S/C16H18BrFN2O2.C10H12O2.C6H4BrFN2O2.CH4O.CH4/c17-13-6-15(19)14(18)7-16(13)20-8-12(21)10-22-9-11-4-2-1-3-5-11;1-2-4-9(5-3-1)6-11-7-10-8-12-10;7-3-1-6(10(11)12)4(8)2-5(3)9;1-2;/h1-7,12,20-21H,8-10,19H2;1-5,10H,6-8H2;1-2H,9H2;2H,1H3;1H4/p+1/t12-;10-;;;/m10.../s1. The van der Waals surface area contributed by atoms with E-state index in [1.165, 1.54) is 11.6 Å². The van der Waals surface area contributed by atoms with Crippen molar-refractivity contribution in [3.8, 4) is 0 Å². The van der Waals surface area contributed by atoms with Gasteiger partial charge in [-0.25, -0.2) is 4.39 Å². The van der Waals surface area contributed by atoms with Crippen LogP contribution in [-0.4, -0.2) is 60.8 Å². The third-order valence-corrected chi connectivity index (χ3v) is 7.51. The first-order valence-corrected chi connectivity index (χ1v) is 16.0. The molecule has 2 atom stereocenters. The Bertz CT molecular complexity index is 1540. The molecule has 1 fully saturated rings. The lowest BCUT2D eigenvalue weighted by Gasteiger charge is -2.14. The minimum absolute atomic E-state index is 0. The number of quaternary nitrogens is 1. The number of aliphatic hydroxyl groups excluding tert-OH is 2. The van der Waals surface area contributed by atoms with Crippen molar-refractivity contribution in [1.82, 2.24) is 0 Å². The molecule has 4 aromatic carbocycles. The van der Waals surface area contributed by atoms with E-state index in [0.29, 0.717) is 39.6 Å². The van der Waals surface area contributed by atoms with Crippen LogP contribution in [0.3, 0.4) is 0 Å². The van der Waals surface area contributed by atoms with Gasteiger partial charge in [-0.3, -0.25) is 10.1 Å². The first-order chi connectivity index (χ1) is 23.0. The predicted octanol–water partition coefficient (Wildman–Crippen LogP) is 6.38. The van der Waals surface area contributed by atoms with Gasteiger partial charge in [-0.1, -0.05) is 68.1 Å². The van der Waals surface area contributed by atoms with E-state index in [2.05, 4.69) is 55.0 Å². The molecule has 1 heterocycles. The van der Waals surface area contributed by atoms with Gasteiger partial charge in [0.25, 0.3) is 0 Å². The van der Waals surface area contributed by atoms with Crippen molar-refractivity contribution < 1.29 is 43.9 Å². The molecule has 0 aromatic heterocycles. The summed E-state index contributed by atoms with van der Waals surface area (Å²) in [4.78, 5) is 9.38. The number of benzene rings is 4. The summed E-state index contributed by atoms with van der Waals surface area (Å²) < 4.78 is 43.1. The second-order valence-corrected chi connectivity index (χ2v) is 11.7. The van der Waals surface area contributed by atoms with Crippen LogP contribution in [0.4, 0.5) is 31.5 Å². The second kappa shape index (κ2) is 23.8. The number of nitrogen functional groups attached to an aromatic ring is 1. The summed E-state index contributed by atoms with van der Waals surface area (Å²) in [5.41, 5.74) is 11.6. The van der Waals surface area contributed by atoms with Crippen molar-refractivity contribution >= 4 is 54.6 Å². The number of halogens is 4. The van der Waals surface area contributed by atoms with Gasteiger partial charge in [0.15, 0.2) is 11.5 Å². The Hall–Kier alpha value is -3.54. The zero-order valence-corrected chi connectivity index (χ0v) is 29.3. The highest BCUT2D eigenvalue weighted by atomic mass is 79.9. The SMILES string of the molecule is C.CO.Nc1cc(F)c([N+](=O)[O-])cc1Br.[NH3+]c1cc(Br)c(NC[C@@H](O)COCc2ccccc2)cc1F.c1ccc(COC[C@H]2CO2)cc1. The fourth-order valence-corrected chi connectivity index (χ4v) is 4.50. The molecule has 268 valence electrons. The Morgan fingerprint density at radius 3 is 2.06 bits per heavy atom. The molecule has 4 aromatic rings. The topological polar surface area (TPSA) is 180 Å². The smallest absolute Gasteiger partial charge is 0.306 e. The summed E-state index contributed by atoms with van der Waals surface area (Å²) in [7, 11) is 1.00. The van der Waals surface area contributed by atoms with Crippen LogP contribution >= 0.6 is 31.9 Å². The summed E-state index contributed by atoms with van der Waals surface area (Å²) in [6.45, 7) is 3.22. The number of rotatable bonds is 12. The maximum absolute atomic E-state index is 13.5. The molecule has 1 saturated heterocycles. The van der Waals surface area contributed by atoms with Crippen molar-refractivity contribution in [2.45, 2.75) is 32.8 Å². The van der Waals surface area contributed by atoms with Gasteiger partial charge in [-0.05, 0) is 43.0 Å². The zero-order valence-electron chi connectivity index (χ0n) is 26.2. The number of epoxide rings is 1. The van der Waals surface area contributed by atoms with E-state index in [4.69, 9.17) is 25.1 Å².